The van der Waals surface area contributed by atoms with Crippen LogP contribution in [0, 0.1) is 0 Å². The third-order valence-electron chi connectivity index (χ3n) is 3.44. The molecule has 1 aromatic heterocycles. The van der Waals surface area contributed by atoms with Crippen LogP contribution in [0.4, 0.5) is 0 Å². The van der Waals surface area contributed by atoms with Gasteiger partial charge in [0.25, 0.3) is 0 Å². The van der Waals surface area contributed by atoms with Crippen LogP contribution in [0.3, 0.4) is 0 Å². The molecule has 0 spiro atoms. The van der Waals surface area contributed by atoms with Crippen molar-refractivity contribution in [2.45, 2.75) is 26.4 Å². The maximum absolute atomic E-state index is 5.26. The van der Waals surface area contributed by atoms with Gasteiger partial charge in [-0.3, -0.25) is 0 Å². The first kappa shape index (κ1) is 12.1. The number of aryl methyl sites for hydroxylation is 1. The smallest absolute Gasteiger partial charge is 0.159 e. The lowest BCUT2D eigenvalue weighted by molar-refractivity contribution is 0.415. The minimum Gasteiger partial charge on any atom is -0.497 e. The van der Waals surface area contributed by atoms with Crippen LogP contribution in [0.2, 0.25) is 0 Å². The van der Waals surface area contributed by atoms with Gasteiger partial charge >= 0.3 is 0 Å². The van der Waals surface area contributed by atoms with Gasteiger partial charge in [0.2, 0.25) is 0 Å². The number of benzene rings is 1. The highest BCUT2D eigenvalue weighted by Crippen LogP contribution is 2.25. The van der Waals surface area contributed by atoms with Crippen molar-refractivity contribution in [1.29, 1.82) is 0 Å². The molecule has 0 fully saturated rings. The standard InChI is InChI=1S/C15H17N3O/c1-3-13-12-8-16-9-14(12)18-15(17-13)10-5-4-6-11(7-10)19-2/h4-7,16H,3,8-9H2,1-2H3. The lowest BCUT2D eigenvalue weighted by Gasteiger charge is -2.09. The van der Waals surface area contributed by atoms with Crippen LogP contribution >= 0.6 is 0 Å². The van der Waals surface area contributed by atoms with Gasteiger partial charge in [0.05, 0.1) is 12.8 Å². The highest BCUT2D eigenvalue weighted by molar-refractivity contribution is 5.58. The van der Waals surface area contributed by atoms with E-state index in [4.69, 9.17) is 9.72 Å². The minimum atomic E-state index is 0.790. The van der Waals surface area contributed by atoms with Gasteiger partial charge in [0, 0.05) is 29.9 Å². The number of hydrogen-bond donors (Lipinski definition) is 1. The summed E-state index contributed by atoms with van der Waals surface area (Å²) in [4.78, 5) is 9.38. The Hall–Kier alpha value is -1.94. The van der Waals surface area contributed by atoms with E-state index in [9.17, 15) is 0 Å². The van der Waals surface area contributed by atoms with Crippen LogP contribution in [-0.4, -0.2) is 17.1 Å². The third-order valence-corrected chi connectivity index (χ3v) is 3.44. The van der Waals surface area contributed by atoms with Gasteiger partial charge in [0.1, 0.15) is 5.75 Å². The van der Waals surface area contributed by atoms with Crippen LogP contribution < -0.4 is 10.1 Å². The maximum atomic E-state index is 5.26. The van der Waals surface area contributed by atoms with Gasteiger partial charge in [0.15, 0.2) is 5.82 Å². The van der Waals surface area contributed by atoms with Crippen molar-refractivity contribution in [3.8, 4) is 17.1 Å². The number of rotatable bonds is 3. The molecule has 0 radical (unpaired) electrons. The SMILES string of the molecule is CCc1nc(-c2cccc(OC)c2)nc2c1CNC2. The largest absolute Gasteiger partial charge is 0.497 e. The molecule has 0 amide bonds. The normalized spacial score (nSPS) is 13.4. The van der Waals surface area contributed by atoms with Gasteiger partial charge < -0.3 is 10.1 Å². The maximum Gasteiger partial charge on any atom is 0.159 e. The fourth-order valence-corrected chi connectivity index (χ4v) is 2.42. The number of methoxy groups -OCH3 is 1. The van der Waals surface area contributed by atoms with Crippen LogP contribution in [0.1, 0.15) is 23.9 Å². The molecule has 4 nitrogen and oxygen atoms in total. The molecule has 0 aliphatic carbocycles. The molecule has 2 aromatic rings. The summed E-state index contributed by atoms with van der Waals surface area (Å²) in [5.74, 6) is 1.62. The van der Waals surface area contributed by atoms with Crippen molar-refractivity contribution >= 4 is 0 Å². The molecule has 19 heavy (non-hydrogen) atoms. The quantitative estimate of drug-likeness (QED) is 0.914. The topological polar surface area (TPSA) is 47.0 Å². The van der Waals surface area contributed by atoms with E-state index in [2.05, 4.69) is 17.2 Å². The van der Waals surface area contributed by atoms with Crippen LogP contribution in [0.15, 0.2) is 24.3 Å². The van der Waals surface area contributed by atoms with Crippen molar-refractivity contribution in [3.05, 3.63) is 41.2 Å². The summed E-state index contributed by atoms with van der Waals surface area (Å²) in [6.45, 7) is 3.86. The van der Waals surface area contributed by atoms with Crippen molar-refractivity contribution in [1.82, 2.24) is 15.3 Å². The molecule has 0 unspecified atom stereocenters. The molecule has 0 bridgehead atoms. The Bertz CT molecular complexity index is 610. The molecular formula is C15H17N3O. The van der Waals surface area contributed by atoms with Gasteiger partial charge in [-0.1, -0.05) is 19.1 Å². The summed E-state index contributed by atoms with van der Waals surface area (Å²) < 4.78 is 5.26. The van der Waals surface area contributed by atoms with E-state index in [1.165, 1.54) is 5.56 Å². The molecule has 3 rings (SSSR count). The molecule has 1 N–H and O–H groups in total. The molecule has 98 valence electrons. The third kappa shape index (κ3) is 2.19. The van der Waals surface area contributed by atoms with Crippen LogP contribution in [-0.2, 0) is 19.5 Å². The second-order valence-electron chi connectivity index (χ2n) is 4.61. The molecule has 0 saturated carbocycles. The molecule has 1 aliphatic rings. The molecule has 0 saturated heterocycles. The van der Waals surface area contributed by atoms with E-state index in [1.807, 2.05) is 24.3 Å². The number of fused-ring (bicyclic) bond motifs is 1. The average Bonchev–Trinajstić information content (AvgIpc) is 2.94. The summed E-state index contributed by atoms with van der Waals surface area (Å²) >= 11 is 0. The Morgan fingerprint density at radius 1 is 1.26 bits per heavy atom. The molecule has 0 atom stereocenters. The van der Waals surface area contributed by atoms with Crippen LogP contribution in [0.25, 0.3) is 11.4 Å². The molecular weight excluding hydrogens is 238 g/mol. The van der Waals surface area contributed by atoms with Crippen LogP contribution in [0.5, 0.6) is 5.75 Å². The number of ether oxygens (including phenoxy) is 1. The van der Waals surface area contributed by atoms with Gasteiger partial charge in [-0.25, -0.2) is 9.97 Å². The summed E-state index contributed by atoms with van der Waals surface area (Å²) in [6, 6.07) is 7.89. The van der Waals surface area contributed by atoms with E-state index in [0.29, 0.717) is 0 Å². The Morgan fingerprint density at radius 2 is 2.16 bits per heavy atom. The predicted molar refractivity (Wildman–Crippen MR) is 73.9 cm³/mol. The lowest BCUT2D eigenvalue weighted by Crippen LogP contribution is -2.02. The van der Waals surface area contributed by atoms with E-state index in [-0.39, 0.29) is 0 Å². The zero-order valence-electron chi connectivity index (χ0n) is 11.2. The summed E-state index contributed by atoms with van der Waals surface area (Å²) in [5.41, 5.74) is 4.55. The van der Waals surface area contributed by atoms with Crippen molar-refractivity contribution < 1.29 is 4.74 Å². The Morgan fingerprint density at radius 3 is 2.95 bits per heavy atom. The number of aromatic nitrogens is 2. The fourth-order valence-electron chi connectivity index (χ4n) is 2.42. The zero-order valence-corrected chi connectivity index (χ0v) is 11.2. The first-order valence-electron chi connectivity index (χ1n) is 6.55. The van der Waals surface area contributed by atoms with E-state index in [0.717, 1.165) is 48.0 Å². The van der Waals surface area contributed by atoms with Gasteiger partial charge in [-0.15, -0.1) is 0 Å². The first-order valence-corrected chi connectivity index (χ1v) is 6.55. The highest BCUT2D eigenvalue weighted by Gasteiger charge is 2.18. The number of hydrogen-bond acceptors (Lipinski definition) is 4. The fraction of sp³-hybridized carbons (Fsp3) is 0.333. The second-order valence-corrected chi connectivity index (χ2v) is 4.61. The average molecular weight is 255 g/mol. The predicted octanol–water partition coefficient (Wildman–Crippen LogP) is 2.32. The Balaban J connectivity index is 2.10. The monoisotopic (exact) mass is 255 g/mol. The Labute approximate surface area is 112 Å². The van der Waals surface area contributed by atoms with E-state index >= 15 is 0 Å². The Kier molecular flexibility index (Phi) is 3.17. The second kappa shape index (κ2) is 4.97. The minimum absolute atomic E-state index is 0.790. The highest BCUT2D eigenvalue weighted by atomic mass is 16.5. The summed E-state index contributed by atoms with van der Waals surface area (Å²) in [5, 5.41) is 3.34. The van der Waals surface area contributed by atoms with Crippen molar-refractivity contribution in [2.75, 3.05) is 7.11 Å². The first-order chi connectivity index (χ1) is 9.31. The van der Waals surface area contributed by atoms with Crippen molar-refractivity contribution in [2.24, 2.45) is 0 Å². The van der Waals surface area contributed by atoms with E-state index < -0.39 is 0 Å². The molecule has 1 aromatic carbocycles. The molecule has 4 heteroatoms. The zero-order chi connectivity index (χ0) is 13.2. The molecule has 1 aliphatic heterocycles. The molecule has 2 heterocycles. The lowest BCUT2D eigenvalue weighted by atomic mass is 10.1. The number of nitrogens with zero attached hydrogens (tertiary/aromatic N) is 2. The summed E-state index contributed by atoms with van der Waals surface area (Å²) in [7, 11) is 1.67. The van der Waals surface area contributed by atoms with E-state index in [1.54, 1.807) is 7.11 Å². The summed E-state index contributed by atoms with van der Waals surface area (Å²) in [6.07, 6.45) is 0.934. The van der Waals surface area contributed by atoms with Crippen molar-refractivity contribution in [3.63, 3.8) is 0 Å². The van der Waals surface area contributed by atoms with Gasteiger partial charge in [-0.05, 0) is 18.6 Å². The van der Waals surface area contributed by atoms with Gasteiger partial charge in [-0.2, -0.15) is 0 Å². The number of nitrogens with one attached hydrogen (secondary N) is 1.